The Morgan fingerprint density at radius 2 is 1.97 bits per heavy atom. The Kier molecular flexibility index (Phi) is 5.83. The fraction of sp³-hybridized carbons (Fsp3) is 0.478. The van der Waals surface area contributed by atoms with E-state index >= 15 is 0 Å². The minimum absolute atomic E-state index is 0.194. The maximum absolute atomic E-state index is 10.9. The van der Waals surface area contributed by atoms with Crippen LogP contribution in [0, 0.1) is 12.8 Å². The standard InChI is InChI=1S/C23H27ClO6/c1-12-4-5-14(19(6-12)28-3)7-15-8-17-16(9-18(15)24)11-29-23(17)22(27)21(26)13(2)20(10-25)30-23/h4-6,8-9,13,20-22,25-27H,7,10-11H2,1-3H3/t13-,20-,21+,22-,23+/m1/s1. The van der Waals surface area contributed by atoms with Gasteiger partial charge in [0.05, 0.1) is 32.5 Å². The SMILES string of the molecule is COc1cc(C)ccc1Cc1cc2c(cc1Cl)CO[C@]21O[C@H](CO)[C@@H](C)[C@H](O)[C@H]1O. The molecule has 3 N–H and O–H groups in total. The van der Waals surface area contributed by atoms with Gasteiger partial charge in [0.25, 0.3) is 0 Å². The van der Waals surface area contributed by atoms with Gasteiger partial charge in [0.2, 0.25) is 5.79 Å². The van der Waals surface area contributed by atoms with Crippen LogP contribution in [0.15, 0.2) is 30.3 Å². The molecule has 7 heteroatoms. The lowest BCUT2D eigenvalue weighted by Gasteiger charge is -2.47. The molecule has 2 aliphatic rings. The first-order valence-electron chi connectivity index (χ1n) is 10.0. The second-order valence-corrected chi connectivity index (χ2v) is 8.59. The van der Waals surface area contributed by atoms with Crippen molar-refractivity contribution in [2.24, 2.45) is 5.92 Å². The van der Waals surface area contributed by atoms with Gasteiger partial charge in [-0.1, -0.05) is 30.7 Å². The molecule has 0 aliphatic carbocycles. The molecule has 1 spiro atoms. The van der Waals surface area contributed by atoms with Crippen LogP contribution in [0.5, 0.6) is 5.75 Å². The van der Waals surface area contributed by atoms with Crippen LogP contribution in [0.4, 0.5) is 0 Å². The van der Waals surface area contributed by atoms with E-state index in [4.69, 9.17) is 25.8 Å². The smallest absolute Gasteiger partial charge is 0.225 e. The van der Waals surface area contributed by atoms with Crippen molar-refractivity contribution in [3.05, 3.63) is 63.2 Å². The number of aliphatic hydroxyl groups is 3. The van der Waals surface area contributed by atoms with Gasteiger partial charge in [-0.15, -0.1) is 0 Å². The van der Waals surface area contributed by atoms with E-state index in [0.29, 0.717) is 17.0 Å². The van der Waals surface area contributed by atoms with E-state index in [1.807, 2.05) is 37.3 Å². The van der Waals surface area contributed by atoms with E-state index in [-0.39, 0.29) is 13.2 Å². The molecule has 0 amide bonds. The van der Waals surface area contributed by atoms with Gasteiger partial charge in [0.15, 0.2) is 0 Å². The molecule has 0 aromatic heterocycles. The molecule has 1 fully saturated rings. The summed E-state index contributed by atoms with van der Waals surface area (Å²) in [5.74, 6) is -1.20. The minimum atomic E-state index is -1.54. The van der Waals surface area contributed by atoms with Crippen molar-refractivity contribution in [2.45, 2.75) is 51.0 Å². The fourth-order valence-electron chi connectivity index (χ4n) is 4.38. The van der Waals surface area contributed by atoms with Crippen molar-refractivity contribution in [1.29, 1.82) is 0 Å². The number of rotatable bonds is 4. The van der Waals surface area contributed by atoms with Crippen LogP contribution in [0.3, 0.4) is 0 Å². The molecular formula is C23H27ClO6. The lowest BCUT2D eigenvalue weighted by Crippen LogP contribution is -2.60. The van der Waals surface area contributed by atoms with Crippen LogP contribution in [0.25, 0.3) is 0 Å². The van der Waals surface area contributed by atoms with E-state index in [1.165, 1.54) is 0 Å². The largest absolute Gasteiger partial charge is 0.496 e. The van der Waals surface area contributed by atoms with E-state index < -0.39 is 30.0 Å². The quantitative estimate of drug-likeness (QED) is 0.685. The molecule has 5 atom stereocenters. The van der Waals surface area contributed by atoms with Gasteiger partial charge in [-0.2, -0.15) is 0 Å². The zero-order chi connectivity index (χ0) is 21.6. The monoisotopic (exact) mass is 434 g/mol. The second-order valence-electron chi connectivity index (χ2n) is 8.18. The molecule has 30 heavy (non-hydrogen) atoms. The predicted molar refractivity (Wildman–Crippen MR) is 112 cm³/mol. The highest BCUT2D eigenvalue weighted by molar-refractivity contribution is 6.31. The lowest BCUT2D eigenvalue weighted by atomic mass is 9.82. The molecular weight excluding hydrogens is 408 g/mol. The Morgan fingerprint density at radius 3 is 2.67 bits per heavy atom. The van der Waals surface area contributed by atoms with Gasteiger partial charge < -0.3 is 29.5 Å². The Labute approximate surface area is 181 Å². The van der Waals surface area contributed by atoms with Gasteiger partial charge in [-0.3, -0.25) is 0 Å². The first kappa shape index (κ1) is 21.6. The summed E-state index contributed by atoms with van der Waals surface area (Å²) < 4.78 is 17.5. The third-order valence-electron chi connectivity index (χ3n) is 6.26. The maximum atomic E-state index is 10.9. The molecule has 6 nitrogen and oxygen atoms in total. The molecule has 0 bridgehead atoms. The van der Waals surface area contributed by atoms with E-state index in [2.05, 4.69) is 0 Å². The van der Waals surface area contributed by atoms with E-state index in [0.717, 1.165) is 28.0 Å². The van der Waals surface area contributed by atoms with Crippen molar-refractivity contribution in [1.82, 2.24) is 0 Å². The number of benzene rings is 2. The van der Waals surface area contributed by atoms with Gasteiger partial charge in [0, 0.05) is 22.9 Å². The Morgan fingerprint density at radius 1 is 1.20 bits per heavy atom. The third kappa shape index (κ3) is 3.42. The minimum Gasteiger partial charge on any atom is -0.496 e. The molecule has 0 unspecified atom stereocenters. The van der Waals surface area contributed by atoms with Gasteiger partial charge >= 0.3 is 0 Å². The summed E-state index contributed by atoms with van der Waals surface area (Å²) in [5.41, 5.74) is 4.32. The van der Waals surface area contributed by atoms with Crippen molar-refractivity contribution < 1.29 is 29.5 Å². The zero-order valence-corrected chi connectivity index (χ0v) is 18.0. The van der Waals surface area contributed by atoms with Crippen molar-refractivity contribution in [3.63, 3.8) is 0 Å². The lowest BCUT2D eigenvalue weighted by molar-refractivity contribution is -0.360. The summed E-state index contributed by atoms with van der Waals surface area (Å²) in [6.45, 7) is 3.64. The number of fused-ring (bicyclic) bond motifs is 2. The first-order chi connectivity index (χ1) is 14.3. The third-order valence-corrected chi connectivity index (χ3v) is 6.61. The number of methoxy groups -OCH3 is 1. The zero-order valence-electron chi connectivity index (χ0n) is 17.3. The van der Waals surface area contributed by atoms with Crippen LogP contribution in [0.1, 0.15) is 34.7 Å². The summed E-state index contributed by atoms with van der Waals surface area (Å²) >= 11 is 6.57. The number of aliphatic hydroxyl groups excluding tert-OH is 3. The molecule has 0 saturated carbocycles. The van der Waals surface area contributed by atoms with Crippen LogP contribution in [-0.2, 0) is 28.3 Å². The summed E-state index contributed by atoms with van der Waals surface area (Å²) in [7, 11) is 1.63. The molecule has 2 aromatic carbocycles. The summed E-state index contributed by atoms with van der Waals surface area (Å²) in [5, 5.41) is 31.8. The van der Waals surface area contributed by atoms with Crippen molar-refractivity contribution in [2.75, 3.05) is 13.7 Å². The van der Waals surface area contributed by atoms with Crippen LogP contribution < -0.4 is 4.74 Å². The molecule has 2 heterocycles. The topological polar surface area (TPSA) is 88.4 Å². The number of halogens is 1. The van der Waals surface area contributed by atoms with Crippen LogP contribution in [-0.4, -0.2) is 47.3 Å². The normalized spacial score (nSPS) is 30.5. The molecule has 2 aromatic rings. The Balaban J connectivity index is 1.75. The van der Waals surface area contributed by atoms with Crippen LogP contribution in [0.2, 0.25) is 5.02 Å². The Bertz CT molecular complexity index is 946. The second kappa shape index (κ2) is 8.11. The van der Waals surface area contributed by atoms with Gasteiger partial charge in [-0.05, 0) is 47.4 Å². The van der Waals surface area contributed by atoms with Crippen LogP contribution >= 0.6 is 11.6 Å². The molecule has 2 aliphatic heterocycles. The van der Waals surface area contributed by atoms with Gasteiger partial charge in [-0.25, -0.2) is 0 Å². The molecule has 4 rings (SSSR count). The summed E-state index contributed by atoms with van der Waals surface area (Å²) in [4.78, 5) is 0. The van der Waals surface area contributed by atoms with E-state index in [1.54, 1.807) is 14.0 Å². The average Bonchev–Trinajstić information content (AvgIpc) is 3.08. The number of aryl methyl sites for hydroxylation is 1. The van der Waals surface area contributed by atoms with E-state index in [9.17, 15) is 15.3 Å². The maximum Gasteiger partial charge on any atom is 0.225 e. The number of hydrogen-bond donors (Lipinski definition) is 3. The molecule has 1 saturated heterocycles. The summed E-state index contributed by atoms with van der Waals surface area (Å²) in [6.07, 6.45) is -2.53. The highest BCUT2D eigenvalue weighted by Gasteiger charge is 2.57. The van der Waals surface area contributed by atoms with Crippen molar-refractivity contribution in [3.8, 4) is 5.75 Å². The molecule has 162 valence electrons. The highest BCUT2D eigenvalue weighted by Crippen LogP contribution is 2.48. The van der Waals surface area contributed by atoms with Crippen molar-refractivity contribution >= 4 is 11.6 Å². The first-order valence-corrected chi connectivity index (χ1v) is 10.4. The van der Waals surface area contributed by atoms with Gasteiger partial charge in [0.1, 0.15) is 11.9 Å². The molecule has 0 radical (unpaired) electrons. The Hall–Kier alpha value is -1.67. The average molecular weight is 435 g/mol. The number of ether oxygens (including phenoxy) is 3. The highest BCUT2D eigenvalue weighted by atomic mass is 35.5. The number of hydrogen-bond acceptors (Lipinski definition) is 6. The summed E-state index contributed by atoms with van der Waals surface area (Å²) in [6, 6.07) is 9.67. The fourth-order valence-corrected chi connectivity index (χ4v) is 4.64. The predicted octanol–water partition coefficient (Wildman–Crippen LogP) is 2.68.